The summed E-state index contributed by atoms with van der Waals surface area (Å²) in [7, 11) is -3.38. The highest BCUT2D eigenvalue weighted by Crippen LogP contribution is 2.19. The third-order valence-electron chi connectivity index (χ3n) is 5.00. The Hall–Kier alpha value is -3.46. The van der Waals surface area contributed by atoms with Crippen molar-refractivity contribution < 1.29 is 27.2 Å². The lowest BCUT2D eigenvalue weighted by Gasteiger charge is -2.18. The lowest BCUT2D eigenvalue weighted by molar-refractivity contribution is -0.147. The van der Waals surface area contributed by atoms with Crippen LogP contribution in [0.5, 0.6) is 0 Å². The summed E-state index contributed by atoms with van der Waals surface area (Å²) in [5.74, 6) is -1.62. The third-order valence-corrected chi connectivity index (χ3v) is 5.98. The fraction of sp³-hybridized carbons (Fsp3) is 0.292. The van der Waals surface area contributed by atoms with E-state index in [9.17, 15) is 22.8 Å². The van der Waals surface area contributed by atoms with Crippen molar-refractivity contribution in [2.24, 2.45) is 0 Å². The van der Waals surface area contributed by atoms with Gasteiger partial charge >= 0.3 is 11.6 Å². The van der Waals surface area contributed by atoms with Crippen molar-refractivity contribution in [1.29, 1.82) is 0 Å². The Kier molecular flexibility index (Phi) is 7.33. The molecule has 3 rings (SSSR count). The normalized spacial score (nSPS) is 12.3. The molecule has 9 heteroatoms. The number of sulfone groups is 1. The SMILES string of the molecule is Cc1cccc(C(=O)NC(CCS(C)(=O)=O)C(=O)OCc2cc(=O)oc3cc(C)ccc23)c1. The summed E-state index contributed by atoms with van der Waals surface area (Å²) in [6.45, 7) is 3.45. The van der Waals surface area contributed by atoms with E-state index < -0.39 is 33.4 Å². The number of nitrogens with one attached hydrogen (secondary N) is 1. The molecule has 0 spiro atoms. The molecule has 174 valence electrons. The minimum atomic E-state index is -3.38. The molecule has 33 heavy (non-hydrogen) atoms. The lowest BCUT2D eigenvalue weighted by atomic mass is 10.1. The molecule has 0 saturated carbocycles. The smallest absolute Gasteiger partial charge is 0.336 e. The van der Waals surface area contributed by atoms with Gasteiger partial charge in [-0.15, -0.1) is 0 Å². The molecule has 0 aliphatic heterocycles. The van der Waals surface area contributed by atoms with Crippen LogP contribution in [0.25, 0.3) is 11.0 Å². The molecule has 0 radical (unpaired) electrons. The van der Waals surface area contributed by atoms with Gasteiger partial charge in [0.15, 0.2) is 0 Å². The maximum absolute atomic E-state index is 12.8. The van der Waals surface area contributed by atoms with Gasteiger partial charge < -0.3 is 14.5 Å². The summed E-state index contributed by atoms with van der Waals surface area (Å²) in [5.41, 5.74) is 2.34. The average Bonchev–Trinajstić information content (AvgIpc) is 2.73. The Balaban J connectivity index is 1.79. The van der Waals surface area contributed by atoms with Gasteiger partial charge in [-0.2, -0.15) is 0 Å². The number of benzene rings is 2. The first-order chi connectivity index (χ1) is 15.5. The maximum atomic E-state index is 12.8. The number of hydrogen-bond acceptors (Lipinski definition) is 7. The van der Waals surface area contributed by atoms with E-state index in [2.05, 4.69) is 5.32 Å². The molecule has 1 amide bonds. The number of carbonyl (C=O) groups is 2. The van der Waals surface area contributed by atoms with Crippen LogP contribution in [-0.4, -0.2) is 38.3 Å². The van der Waals surface area contributed by atoms with Gasteiger partial charge in [-0.05, 0) is 44.0 Å². The van der Waals surface area contributed by atoms with Gasteiger partial charge in [0.25, 0.3) is 5.91 Å². The number of hydrogen-bond donors (Lipinski definition) is 1. The van der Waals surface area contributed by atoms with Gasteiger partial charge in [0, 0.05) is 28.8 Å². The van der Waals surface area contributed by atoms with Crippen LogP contribution in [0.3, 0.4) is 0 Å². The number of esters is 1. The zero-order valence-electron chi connectivity index (χ0n) is 18.6. The summed E-state index contributed by atoms with van der Waals surface area (Å²) >= 11 is 0. The van der Waals surface area contributed by atoms with Gasteiger partial charge in [0.05, 0.1) is 5.75 Å². The van der Waals surface area contributed by atoms with Crippen molar-refractivity contribution in [3.05, 3.63) is 81.2 Å². The molecule has 1 aromatic heterocycles. The first kappa shape index (κ1) is 24.2. The average molecular weight is 472 g/mol. The van der Waals surface area contributed by atoms with Crippen LogP contribution in [0.15, 0.2) is 57.7 Å². The molecule has 1 heterocycles. The van der Waals surface area contributed by atoms with E-state index in [0.717, 1.165) is 17.4 Å². The third kappa shape index (κ3) is 6.76. The summed E-state index contributed by atoms with van der Waals surface area (Å²) in [5, 5.41) is 3.18. The van der Waals surface area contributed by atoms with E-state index in [4.69, 9.17) is 9.15 Å². The largest absolute Gasteiger partial charge is 0.459 e. The van der Waals surface area contributed by atoms with Gasteiger partial charge in [-0.3, -0.25) is 4.79 Å². The monoisotopic (exact) mass is 471 g/mol. The van der Waals surface area contributed by atoms with E-state index in [1.807, 2.05) is 26.0 Å². The predicted molar refractivity (Wildman–Crippen MR) is 124 cm³/mol. The maximum Gasteiger partial charge on any atom is 0.336 e. The van der Waals surface area contributed by atoms with Crippen molar-refractivity contribution in [3.8, 4) is 0 Å². The van der Waals surface area contributed by atoms with Crippen LogP contribution < -0.4 is 10.9 Å². The highest BCUT2D eigenvalue weighted by atomic mass is 32.2. The van der Waals surface area contributed by atoms with Crippen LogP contribution >= 0.6 is 0 Å². The van der Waals surface area contributed by atoms with Crippen molar-refractivity contribution in [2.75, 3.05) is 12.0 Å². The van der Waals surface area contributed by atoms with Gasteiger partial charge in [0.1, 0.15) is 28.1 Å². The molecule has 1 N–H and O–H groups in total. The van der Waals surface area contributed by atoms with Crippen molar-refractivity contribution >= 4 is 32.7 Å². The lowest BCUT2D eigenvalue weighted by Crippen LogP contribution is -2.43. The summed E-state index contributed by atoms with van der Waals surface area (Å²) in [4.78, 5) is 37.4. The van der Waals surface area contributed by atoms with Crippen LogP contribution in [0.4, 0.5) is 0 Å². The molecule has 0 aliphatic carbocycles. The quantitative estimate of drug-likeness (QED) is 0.396. The molecule has 0 saturated heterocycles. The van der Waals surface area contributed by atoms with Crippen molar-refractivity contribution in [3.63, 3.8) is 0 Å². The van der Waals surface area contributed by atoms with Crippen LogP contribution in [-0.2, 0) is 26.0 Å². The van der Waals surface area contributed by atoms with E-state index in [0.29, 0.717) is 22.1 Å². The molecule has 8 nitrogen and oxygen atoms in total. The Morgan fingerprint density at radius 2 is 1.79 bits per heavy atom. The van der Waals surface area contributed by atoms with Gasteiger partial charge in [-0.25, -0.2) is 18.0 Å². The van der Waals surface area contributed by atoms with E-state index in [-0.39, 0.29) is 18.8 Å². The Labute approximate surface area is 191 Å². The fourth-order valence-electron chi connectivity index (χ4n) is 3.31. The zero-order chi connectivity index (χ0) is 24.2. The molecular weight excluding hydrogens is 446 g/mol. The van der Waals surface area contributed by atoms with Crippen LogP contribution in [0.1, 0.15) is 33.5 Å². The Morgan fingerprint density at radius 3 is 2.48 bits per heavy atom. The summed E-state index contributed by atoms with van der Waals surface area (Å²) < 4.78 is 33.9. The summed E-state index contributed by atoms with van der Waals surface area (Å²) in [6, 6.07) is 12.2. The molecule has 0 fully saturated rings. The number of ether oxygens (including phenoxy) is 1. The van der Waals surface area contributed by atoms with E-state index in [1.54, 1.807) is 30.3 Å². The molecule has 2 aromatic carbocycles. The Bertz CT molecular complexity index is 1360. The minimum Gasteiger partial charge on any atom is -0.459 e. The first-order valence-corrected chi connectivity index (χ1v) is 12.3. The second kappa shape index (κ2) is 9.99. The van der Waals surface area contributed by atoms with Crippen LogP contribution in [0, 0.1) is 13.8 Å². The molecule has 1 unspecified atom stereocenters. The molecule has 0 aliphatic rings. The standard InChI is InChI=1S/C24H25NO7S/c1-15-5-4-6-17(11-15)23(27)25-20(9-10-33(3,29)30)24(28)31-14-18-13-22(26)32-21-12-16(2)7-8-19(18)21/h4-8,11-13,20H,9-10,14H2,1-3H3,(H,25,27). The fourth-order valence-corrected chi connectivity index (χ4v) is 3.98. The molecule has 3 aromatic rings. The number of amides is 1. The molecule has 1 atom stereocenters. The minimum absolute atomic E-state index is 0.147. The predicted octanol–water partition coefficient (Wildman–Crippen LogP) is 2.69. The first-order valence-electron chi connectivity index (χ1n) is 10.3. The highest BCUT2D eigenvalue weighted by Gasteiger charge is 2.25. The number of fused-ring (bicyclic) bond motifs is 1. The second-order valence-electron chi connectivity index (χ2n) is 8.01. The van der Waals surface area contributed by atoms with Gasteiger partial charge in [-0.1, -0.05) is 29.8 Å². The van der Waals surface area contributed by atoms with E-state index in [1.165, 1.54) is 6.07 Å². The second-order valence-corrected chi connectivity index (χ2v) is 10.3. The summed E-state index contributed by atoms with van der Waals surface area (Å²) in [6.07, 6.45) is 0.904. The van der Waals surface area contributed by atoms with E-state index >= 15 is 0 Å². The number of rotatable bonds is 8. The number of carbonyl (C=O) groups excluding carboxylic acids is 2. The van der Waals surface area contributed by atoms with Gasteiger partial charge in [0.2, 0.25) is 0 Å². The molecule has 0 bridgehead atoms. The molecular formula is C24H25NO7S. The van der Waals surface area contributed by atoms with Crippen LogP contribution in [0.2, 0.25) is 0 Å². The zero-order valence-corrected chi connectivity index (χ0v) is 19.4. The van der Waals surface area contributed by atoms with Crippen molar-refractivity contribution in [2.45, 2.75) is 32.9 Å². The Morgan fingerprint density at radius 1 is 1.06 bits per heavy atom. The topological polar surface area (TPSA) is 120 Å². The highest BCUT2D eigenvalue weighted by molar-refractivity contribution is 7.90. The number of aryl methyl sites for hydroxylation is 2. The van der Waals surface area contributed by atoms with Crippen molar-refractivity contribution in [1.82, 2.24) is 5.32 Å².